The summed E-state index contributed by atoms with van der Waals surface area (Å²) in [5, 5.41) is 19.2. The molecule has 0 aliphatic heterocycles. The molecule has 194 valence electrons. The van der Waals surface area contributed by atoms with Gasteiger partial charge < -0.3 is 0 Å². The van der Waals surface area contributed by atoms with Crippen molar-refractivity contribution in [3.05, 3.63) is 70.4 Å². The normalized spacial score (nSPS) is 11.2. The van der Waals surface area contributed by atoms with Crippen LogP contribution in [0.15, 0.2) is 53.3 Å². The van der Waals surface area contributed by atoms with Crippen molar-refractivity contribution in [1.29, 1.82) is 0 Å². The minimum atomic E-state index is -0.377. The number of hydrogen-bond donors (Lipinski definition) is 1. The van der Waals surface area contributed by atoms with E-state index in [1.165, 1.54) is 12.8 Å². The van der Waals surface area contributed by atoms with E-state index in [0.717, 1.165) is 59.0 Å². The van der Waals surface area contributed by atoms with Crippen molar-refractivity contribution in [3.8, 4) is 22.5 Å². The van der Waals surface area contributed by atoms with E-state index in [9.17, 15) is 9.59 Å². The second-order valence-corrected chi connectivity index (χ2v) is 9.34. The van der Waals surface area contributed by atoms with Gasteiger partial charge in [0.25, 0.3) is 5.91 Å². The minimum Gasteiger partial charge on any atom is -0.274 e. The second-order valence-electron chi connectivity index (χ2n) is 9.34. The number of carbonyl (C=O) groups is 1. The number of nitrogens with zero attached hydrogens (tertiary/aromatic N) is 6. The molecule has 0 spiro atoms. The summed E-state index contributed by atoms with van der Waals surface area (Å²) in [4.78, 5) is 26.1. The van der Waals surface area contributed by atoms with Crippen molar-refractivity contribution in [2.24, 2.45) is 0 Å². The van der Waals surface area contributed by atoms with Gasteiger partial charge >= 0.3 is 5.69 Å². The molecule has 0 atom stereocenters. The van der Waals surface area contributed by atoms with Gasteiger partial charge in [-0.2, -0.15) is 5.21 Å². The van der Waals surface area contributed by atoms with Crippen LogP contribution in [0.5, 0.6) is 0 Å². The highest BCUT2D eigenvalue weighted by Crippen LogP contribution is 2.31. The van der Waals surface area contributed by atoms with E-state index in [2.05, 4.69) is 32.6 Å². The molecule has 2 aromatic heterocycles. The monoisotopic (exact) mass is 501 g/mol. The van der Waals surface area contributed by atoms with Crippen LogP contribution >= 0.6 is 0 Å². The molecule has 9 heteroatoms. The van der Waals surface area contributed by atoms with Gasteiger partial charge in [0.05, 0.1) is 6.54 Å². The van der Waals surface area contributed by atoms with E-state index in [4.69, 9.17) is 0 Å². The molecule has 2 aromatic carbocycles. The fourth-order valence-corrected chi connectivity index (χ4v) is 4.47. The van der Waals surface area contributed by atoms with E-state index in [1.807, 2.05) is 55.5 Å². The third kappa shape index (κ3) is 6.47. The number of nitrogens with one attached hydrogen (secondary N) is 1. The van der Waals surface area contributed by atoms with Gasteiger partial charge in [-0.25, -0.2) is 4.79 Å². The number of hydrogen-bond acceptors (Lipinski definition) is 6. The van der Waals surface area contributed by atoms with Gasteiger partial charge in [0, 0.05) is 18.4 Å². The molecule has 0 aliphatic carbocycles. The first-order valence-corrected chi connectivity index (χ1v) is 13.3. The lowest BCUT2D eigenvalue weighted by atomic mass is 9.97. The number of benzene rings is 2. The van der Waals surface area contributed by atoms with Crippen LogP contribution in [0.2, 0.25) is 0 Å². The minimum absolute atomic E-state index is 0.246. The Balaban J connectivity index is 1.67. The second kappa shape index (κ2) is 12.9. The summed E-state index contributed by atoms with van der Waals surface area (Å²) < 4.78 is 2.71. The lowest BCUT2D eigenvalue weighted by molar-refractivity contribution is 0.0878. The molecule has 0 saturated heterocycles. The van der Waals surface area contributed by atoms with Crippen molar-refractivity contribution < 1.29 is 4.79 Å². The van der Waals surface area contributed by atoms with Crippen LogP contribution in [-0.4, -0.2) is 40.9 Å². The highest BCUT2D eigenvalue weighted by atomic mass is 16.2. The fraction of sp³-hybridized carbons (Fsp3) is 0.429. The summed E-state index contributed by atoms with van der Waals surface area (Å²) in [6.45, 7) is 4.52. The third-order valence-electron chi connectivity index (χ3n) is 6.52. The summed E-state index contributed by atoms with van der Waals surface area (Å²) >= 11 is 0. The van der Waals surface area contributed by atoms with Gasteiger partial charge in [0.2, 0.25) is 5.82 Å². The lowest BCUT2D eigenvalue weighted by Crippen LogP contribution is -2.30. The maximum absolute atomic E-state index is 13.3. The zero-order chi connectivity index (χ0) is 26.0. The molecule has 0 fully saturated rings. The molecule has 0 aliphatic rings. The summed E-state index contributed by atoms with van der Waals surface area (Å²) in [6, 6.07) is 16.0. The fourth-order valence-electron chi connectivity index (χ4n) is 4.47. The first kappa shape index (κ1) is 26.2. The maximum atomic E-state index is 13.3. The van der Waals surface area contributed by atoms with Gasteiger partial charge in [0.15, 0.2) is 0 Å². The Hall–Kier alpha value is -3.88. The predicted octanol–water partition coefficient (Wildman–Crippen LogP) is 5.28. The number of unbranched alkanes of at least 4 members (excludes halogenated alkanes) is 5. The standard InChI is InChI=1S/C28H35N7O2/c1-3-5-7-8-12-15-25-31-35(26(36)16-6-4-2)28(37)34(25)20-21-17-18-23(22-13-10-9-11-14-22)24(19-21)27-29-32-33-30-27/h9-11,13-14,17-19H,3-8,12,15-16,20H2,1-2H3,(H,29,30,32,33). The first-order chi connectivity index (χ1) is 18.1. The Labute approximate surface area is 216 Å². The van der Waals surface area contributed by atoms with Gasteiger partial charge in [-0.1, -0.05) is 88.4 Å². The van der Waals surface area contributed by atoms with Crippen molar-refractivity contribution in [1.82, 2.24) is 35.0 Å². The average Bonchev–Trinajstić information content (AvgIpc) is 3.57. The number of aryl methyl sites for hydroxylation is 1. The molecule has 2 heterocycles. The Bertz CT molecular complexity index is 1340. The van der Waals surface area contributed by atoms with E-state index in [-0.39, 0.29) is 11.6 Å². The number of tetrazole rings is 1. The topological polar surface area (TPSA) is 111 Å². The van der Waals surface area contributed by atoms with Crippen molar-refractivity contribution in [2.75, 3.05) is 0 Å². The molecule has 0 amide bonds. The molecular weight excluding hydrogens is 466 g/mol. The number of carbonyl (C=O) groups excluding carboxylic acids is 1. The molecular formula is C28H35N7O2. The van der Waals surface area contributed by atoms with Crippen LogP contribution in [0.25, 0.3) is 22.5 Å². The summed E-state index contributed by atoms with van der Waals surface area (Å²) in [7, 11) is 0. The largest absolute Gasteiger partial charge is 0.353 e. The summed E-state index contributed by atoms with van der Waals surface area (Å²) in [5.74, 6) is 0.888. The molecule has 0 radical (unpaired) electrons. The Kier molecular flexibility index (Phi) is 9.13. The quantitative estimate of drug-likeness (QED) is 0.249. The van der Waals surface area contributed by atoms with E-state index in [0.29, 0.717) is 31.0 Å². The molecule has 9 nitrogen and oxygen atoms in total. The smallest absolute Gasteiger partial charge is 0.274 e. The Morgan fingerprint density at radius 3 is 2.43 bits per heavy atom. The van der Waals surface area contributed by atoms with Crippen molar-refractivity contribution in [3.63, 3.8) is 0 Å². The molecule has 1 N–H and O–H groups in total. The van der Waals surface area contributed by atoms with Crippen LogP contribution in [0.4, 0.5) is 0 Å². The van der Waals surface area contributed by atoms with Crippen LogP contribution < -0.4 is 5.69 Å². The average molecular weight is 502 g/mol. The van der Waals surface area contributed by atoms with Gasteiger partial charge in [-0.05, 0) is 40.8 Å². The van der Waals surface area contributed by atoms with Crippen LogP contribution in [0.1, 0.15) is 81.4 Å². The Morgan fingerprint density at radius 1 is 0.919 bits per heavy atom. The Morgan fingerprint density at radius 2 is 1.70 bits per heavy atom. The molecule has 0 saturated carbocycles. The van der Waals surface area contributed by atoms with Crippen molar-refractivity contribution >= 4 is 5.91 Å². The first-order valence-electron chi connectivity index (χ1n) is 13.3. The molecule has 0 bridgehead atoms. The molecule has 0 unspecified atom stereocenters. The van der Waals surface area contributed by atoms with Crippen LogP contribution in [0, 0.1) is 0 Å². The zero-order valence-electron chi connectivity index (χ0n) is 21.7. The van der Waals surface area contributed by atoms with Gasteiger partial charge in [-0.3, -0.25) is 9.36 Å². The maximum Gasteiger partial charge on any atom is 0.353 e. The summed E-state index contributed by atoms with van der Waals surface area (Å²) in [5.41, 5.74) is 3.35. The molecule has 4 rings (SSSR count). The van der Waals surface area contributed by atoms with E-state index in [1.54, 1.807) is 4.57 Å². The highest BCUT2D eigenvalue weighted by molar-refractivity contribution is 5.81. The molecule has 4 aromatic rings. The van der Waals surface area contributed by atoms with E-state index < -0.39 is 0 Å². The SMILES string of the molecule is CCCCCCCc1nn(C(=O)CCCC)c(=O)n1Cc1ccc(-c2ccccc2)c(-c2nn[nH]n2)c1. The lowest BCUT2D eigenvalue weighted by Gasteiger charge is -2.11. The summed E-state index contributed by atoms with van der Waals surface area (Å²) in [6.07, 6.45) is 8.14. The number of rotatable bonds is 13. The molecule has 37 heavy (non-hydrogen) atoms. The number of H-pyrrole nitrogens is 1. The van der Waals surface area contributed by atoms with Gasteiger partial charge in [-0.15, -0.1) is 20.0 Å². The third-order valence-corrected chi connectivity index (χ3v) is 6.52. The number of aromatic nitrogens is 7. The highest BCUT2D eigenvalue weighted by Gasteiger charge is 2.19. The predicted molar refractivity (Wildman–Crippen MR) is 143 cm³/mol. The van der Waals surface area contributed by atoms with Crippen LogP contribution in [0.3, 0.4) is 0 Å². The van der Waals surface area contributed by atoms with Crippen molar-refractivity contribution in [2.45, 2.75) is 78.2 Å². The van der Waals surface area contributed by atoms with Crippen LogP contribution in [-0.2, 0) is 13.0 Å². The number of aromatic amines is 1. The zero-order valence-corrected chi connectivity index (χ0v) is 21.7. The van der Waals surface area contributed by atoms with E-state index >= 15 is 0 Å². The van der Waals surface area contributed by atoms with Gasteiger partial charge in [0.1, 0.15) is 5.82 Å².